The van der Waals surface area contributed by atoms with E-state index in [-0.39, 0.29) is 6.61 Å². The summed E-state index contributed by atoms with van der Waals surface area (Å²) >= 11 is 0. The molecular weight excluding hydrogens is 158 g/mol. The zero-order chi connectivity index (χ0) is 8.81. The van der Waals surface area contributed by atoms with Gasteiger partial charge in [-0.25, -0.2) is 9.97 Å². The molecule has 0 spiro atoms. The van der Waals surface area contributed by atoms with E-state index in [0.717, 1.165) is 0 Å². The van der Waals surface area contributed by atoms with Crippen molar-refractivity contribution < 1.29 is 9.84 Å². The summed E-state index contributed by atoms with van der Waals surface area (Å²) in [6, 6.07) is 0. The largest absolute Gasteiger partial charge is 0.491 e. The third kappa shape index (κ3) is 2.06. The van der Waals surface area contributed by atoms with Gasteiger partial charge >= 0.3 is 0 Å². The van der Waals surface area contributed by atoms with Crippen LogP contribution >= 0.6 is 0 Å². The molecule has 0 radical (unpaired) electrons. The fraction of sp³-hybridized carbons (Fsp3) is 0.429. The van der Waals surface area contributed by atoms with Gasteiger partial charge in [-0.2, -0.15) is 0 Å². The predicted octanol–water partition coefficient (Wildman–Crippen LogP) is -0.111. The van der Waals surface area contributed by atoms with Gasteiger partial charge in [-0.15, -0.1) is 0 Å². The van der Waals surface area contributed by atoms with Gasteiger partial charge in [0.15, 0.2) is 11.6 Å². The van der Waals surface area contributed by atoms with Crippen LogP contribution in [0.1, 0.15) is 0 Å². The maximum atomic E-state index is 8.54. The molecule has 66 valence electrons. The van der Waals surface area contributed by atoms with Crippen LogP contribution < -0.4 is 10.1 Å². The molecule has 0 aliphatic rings. The number of hydrogen-bond acceptors (Lipinski definition) is 5. The first-order valence-corrected chi connectivity index (χ1v) is 3.57. The van der Waals surface area contributed by atoms with Gasteiger partial charge in [-0.05, 0) is 0 Å². The summed E-state index contributed by atoms with van der Waals surface area (Å²) in [7, 11) is 1.54. The van der Waals surface area contributed by atoms with Crippen LogP contribution in [0, 0.1) is 0 Å². The van der Waals surface area contributed by atoms with Crippen LogP contribution in [0.3, 0.4) is 0 Å². The van der Waals surface area contributed by atoms with Gasteiger partial charge in [0.2, 0.25) is 0 Å². The minimum Gasteiger partial charge on any atom is -0.491 e. The van der Waals surface area contributed by atoms with E-state index in [1.165, 1.54) is 6.33 Å². The highest BCUT2D eigenvalue weighted by Gasteiger charge is 2.00. The third-order valence-corrected chi connectivity index (χ3v) is 1.30. The van der Waals surface area contributed by atoms with E-state index < -0.39 is 0 Å². The number of aliphatic hydroxyl groups is 1. The van der Waals surface area contributed by atoms with Crippen LogP contribution in [0.4, 0.5) is 5.82 Å². The number of aliphatic hydroxyl groups excluding tert-OH is 1. The van der Waals surface area contributed by atoms with Gasteiger partial charge < -0.3 is 15.2 Å². The molecule has 1 aromatic rings. The van der Waals surface area contributed by atoms with Crippen molar-refractivity contribution in [2.45, 2.75) is 0 Å². The van der Waals surface area contributed by atoms with Crippen LogP contribution in [0.5, 0.6) is 5.75 Å². The third-order valence-electron chi connectivity index (χ3n) is 1.30. The monoisotopic (exact) mass is 169 g/mol. The molecule has 5 heteroatoms. The average Bonchev–Trinajstić information content (AvgIpc) is 2.15. The van der Waals surface area contributed by atoms with Crippen molar-refractivity contribution in [2.24, 2.45) is 0 Å². The van der Waals surface area contributed by atoms with Crippen molar-refractivity contribution in [3.8, 4) is 5.75 Å². The molecule has 5 nitrogen and oxygen atoms in total. The summed E-state index contributed by atoms with van der Waals surface area (Å²) < 4.78 is 4.97. The lowest BCUT2D eigenvalue weighted by Crippen LogP contribution is -2.08. The van der Waals surface area contributed by atoms with Crippen molar-refractivity contribution >= 4 is 5.82 Å². The minimum absolute atomic E-state index is 0.0627. The maximum Gasteiger partial charge on any atom is 0.179 e. The standard InChI is InChI=1S/C7H11N3O2/c1-12-6-4-8-5-10-7(6)9-2-3-11/h4-5,11H,2-3H2,1H3,(H,8,9,10). The molecule has 0 saturated heterocycles. The molecule has 0 fully saturated rings. The Hall–Kier alpha value is -1.36. The molecule has 1 rings (SSSR count). The molecule has 0 amide bonds. The molecule has 0 aromatic carbocycles. The normalized spacial score (nSPS) is 9.50. The molecule has 1 aromatic heterocycles. The second-order valence-electron chi connectivity index (χ2n) is 2.09. The van der Waals surface area contributed by atoms with Crippen LogP contribution in [0.25, 0.3) is 0 Å². The summed E-state index contributed by atoms with van der Waals surface area (Å²) in [6.07, 6.45) is 2.98. The van der Waals surface area contributed by atoms with Gasteiger partial charge in [-0.1, -0.05) is 0 Å². The lowest BCUT2D eigenvalue weighted by molar-refractivity contribution is 0.310. The summed E-state index contributed by atoms with van der Waals surface area (Å²) in [4.78, 5) is 7.71. The molecule has 0 saturated carbocycles. The van der Waals surface area contributed by atoms with E-state index in [1.54, 1.807) is 13.3 Å². The highest BCUT2D eigenvalue weighted by atomic mass is 16.5. The van der Waals surface area contributed by atoms with E-state index in [2.05, 4.69) is 15.3 Å². The van der Waals surface area contributed by atoms with Gasteiger partial charge in [0, 0.05) is 6.54 Å². The minimum atomic E-state index is 0.0627. The molecule has 2 N–H and O–H groups in total. The van der Waals surface area contributed by atoms with Gasteiger partial charge in [0.25, 0.3) is 0 Å². The Balaban J connectivity index is 2.68. The lowest BCUT2D eigenvalue weighted by atomic mass is 10.5. The number of nitrogens with one attached hydrogen (secondary N) is 1. The number of methoxy groups -OCH3 is 1. The second kappa shape index (κ2) is 4.50. The second-order valence-corrected chi connectivity index (χ2v) is 2.09. The van der Waals surface area contributed by atoms with Crippen LogP contribution in [-0.2, 0) is 0 Å². The van der Waals surface area contributed by atoms with Crippen molar-refractivity contribution in [2.75, 3.05) is 25.6 Å². The number of rotatable bonds is 4. The van der Waals surface area contributed by atoms with Crippen molar-refractivity contribution in [1.29, 1.82) is 0 Å². The van der Waals surface area contributed by atoms with Crippen molar-refractivity contribution in [3.63, 3.8) is 0 Å². The van der Waals surface area contributed by atoms with Crippen LogP contribution in [-0.4, -0.2) is 35.3 Å². The van der Waals surface area contributed by atoms with E-state index in [9.17, 15) is 0 Å². The molecule has 0 bridgehead atoms. The molecule has 12 heavy (non-hydrogen) atoms. The fourth-order valence-corrected chi connectivity index (χ4v) is 0.773. The molecular formula is C7H11N3O2. The molecule has 0 unspecified atom stereocenters. The Morgan fingerprint density at radius 3 is 3.17 bits per heavy atom. The Labute approximate surface area is 70.4 Å². The highest BCUT2D eigenvalue weighted by molar-refractivity contribution is 5.47. The smallest absolute Gasteiger partial charge is 0.179 e. The quantitative estimate of drug-likeness (QED) is 0.658. The molecule has 1 heterocycles. The fourth-order valence-electron chi connectivity index (χ4n) is 0.773. The maximum absolute atomic E-state index is 8.54. The van der Waals surface area contributed by atoms with E-state index in [4.69, 9.17) is 9.84 Å². The Morgan fingerprint density at radius 2 is 2.50 bits per heavy atom. The van der Waals surface area contributed by atoms with E-state index >= 15 is 0 Å². The Bertz CT molecular complexity index is 242. The van der Waals surface area contributed by atoms with E-state index in [1.807, 2.05) is 0 Å². The number of aromatic nitrogens is 2. The molecule has 0 atom stereocenters. The number of ether oxygens (including phenoxy) is 1. The van der Waals surface area contributed by atoms with Crippen LogP contribution in [0.2, 0.25) is 0 Å². The lowest BCUT2D eigenvalue weighted by Gasteiger charge is -2.06. The van der Waals surface area contributed by atoms with Gasteiger partial charge in [0.05, 0.1) is 19.9 Å². The molecule has 0 aliphatic heterocycles. The average molecular weight is 169 g/mol. The Morgan fingerprint density at radius 1 is 1.67 bits per heavy atom. The first-order valence-electron chi connectivity index (χ1n) is 3.57. The SMILES string of the molecule is COc1cncnc1NCCO. The topological polar surface area (TPSA) is 67.3 Å². The van der Waals surface area contributed by atoms with Gasteiger partial charge in [0.1, 0.15) is 6.33 Å². The van der Waals surface area contributed by atoms with Gasteiger partial charge in [-0.3, -0.25) is 0 Å². The summed E-state index contributed by atoms with van der Waals surface area (Å²) in [5.41, 5.74) is 0. The number of anilines is 1. The Kier molecular flexibility index (Phi) is 3.28. The zero-order valence-corrected chi connectivity index (χ0v) is 6.82. The number of nitrogens with zero attached hydrogens (tertiary/aromatic N) is 2. The summed E-state index contributed by atoms with van der Waals surface area (Å²) in [5.74, 6) is 1.17. The first kappa shape index (κ1) is 8.73. The van der Waals surface area contributed by atoms with Crippen molar-refractivity contribution in [3.05, 3.63) is 12.5 Å². The summed E-state index contributed by atoms with van der Waals surface area (Å²) in [6.45, 7) is 0.514. The predicted molar refractivity (Wildman–Crippen MR) is 44.2 cm³/mol. The highest BCUT2D eigenvalue weighted by Crippen LogP contribution is 2.17. The van der Waals surface area contributed by atoms with E-state index in [0.29, 0.717) is 18.1 Å². The summed E-state index contributed by atoms with van der Waals surface area (Å²) in [5, 5.41) is 11.4. The van der Waals surface area contributed by atoms with Crippen LogP contribution in [0.15, 0.2) is 12.5 Å². The first-order chi connectivity index (χ1) is 5.88. The van der Waals surface area contributed by atoms with Crippen molar-refractivity contribution in [1.82, 2.24) is 9.97 Å². The zero-order valence-electron chi connectivity index (χ0n) is 6.82. The number of hydrogen-bond donors (Lipinski definition) is 2. The molecule has 0 aliphatic carbocycles.